The number of hydrogen-bond acceptors (Lipinski definition) is 0. The molecule has 72 valence electrons. The molecule has 0 amide bonds. The minimum absolute atomic E-state index is 1.11. The van der Waals surface area contributed by atoms with Gasteiger partial charge in [-0.2, -0.15) is 0 Å². The number of quaternary nitrogens is 3. The van der Waals surface area contributed by atoms with Crippen LogP contribution in [0.1, 0.15) is 13.3 Å². The largest absolute Gasteiger partial charge is 0.357 e. The summed E-state index contributed by atoms with van der Waals surface area (Å²) >= 11 is 0. The van der Waals surface area contributed by atoms with Crippen molar-refractivity contribution in [1.29, 1.82) is 0 Å². The lowest BCUT2D eigenvalue weighted by molar-refractivity contribution is -1.01. The first-order valence-electron chi connectivity index (χ1n) is 5.33. The van der Waals surface area contributed by atoms with Crippen LogP contribution < -0.4 is 15.5 Å². The molecule has 0 aromatic carbocycles. The van der Waals surface area contributed by atoms with E-state index in [1.54, 1.807) is 9.80 Å². The summed E-state index contributed by atoms with van der Waals surface area (Å²) in [6.07, 6.45) is 1.30. The van der Waals surface area contributed by atoms with E-state index in [1.807, 2.05) is 0 Å². The van der Waals surface area contributed by atoms with Crippen molar-refractivity contribution >= 4 is 0 Å². The van der Waals surface area contributed by atoms with Gasteiger partial charge in [0.1, 0.15) is 26.2 Å². The smallest absolute Gasteiger partial charge is 0.127 e. The standard InChI is InChI=1S/C9H21N3/c1-2-11-6-8-12(9-7-11)5-3-4-10/h2-10H2,1H3/p+3. The van der Waals surface area contributed by atoms with Gasteiger partial charge in [-0.1, -0.05) is 0 Å². The van der Waals surface area contributed by atoms with Crippen molar-refractivity contribution in [1.82, 2.24) is 0 Å². The Hall–Kier alpha value is -0.120. The van der Waals surface area contributed by atoms with E-state index in [2.05, 4.69) is 12.7 Å². The maximum absolute atomic E-state index is 3.88. The molecule has 0 unspecified atom stereocenters. The average Bonchev–Trinajstić information content (AvgIpc) is 2.15. The van der Waals surface area contributed by atoms with Gasteiger partial charge in [0.2, 0.25) is 0 Å². The molecule has 1 aliphatic heterocycles. The van der Waals surface area contributed by atoms with Gasteiger partial charge in [0, 0.05) is 6.42 Å². The predicted octanol–water partition coefficient (Wildman–Crippen LogP) is -3.58. The zero-order valence-electron chi connectivity index (χ0n) is 8.36. The van der Waals surface area contributed by atoms with Gasteiger partial charge >= 0.3 is 0 Å². The molecule has 1 aliphatic rings. The molecular formula is C9H24N3+3. The van der Waals surface area contributed by atoms with Gasteiger partial charge in [-0.25, -0.2) is 0 Å². The highest BCUT2D eigenvalue weighted by Gasteiger charge is 2.20. The minimum Gasteiger partial charge on any atom is -0.357 e. The molecule has 0 aliphatic carbocycles. The number of likely N-dealkylation sites (N-methyl/N-ethyl adjacent to an activating group) is 1. The number of hydrogen-bond donors (Lipinski definition) is 3. The van der Waals surface area contributed by atoms with E-state index in [-0.39, 0.29) is 0 Å². The molecule has 0 bridgehead atoms. The van der Waals surface area contributed by atoms with Gasteiger partial charge in [0.05, 0.1) is 19.6 Å². The molecule has 12 heavy (non-hydrogen) atoms. The lowest BCUT2D eigenvalue weighted by Crippen LogP contribution is -3.28. The van der Waals surface area contributed by atoms with Crippen LogP contribution in [0.2, 0.25) is 0 Å². The molecule has 0 aromatic heterocycles. The highest BCUT2D eigenvalue weighted by molar-refractivity contribution is 4.38. The molecule has 5 N–H and O–H groups in total. The molecule has 1 fully saturated rings. The summed E-state index contributed by atoms with van der Waals surface area (Å²) in [7, 11) is 0. The lowest BCUT2D eigenvalue weighted by atomic mass is 10.3. The summed E-state index contributed by atoms with van der Waals surface area (Å²) in [6.45, 7) is 11.6. The number of rotatable bonds is 4. The summed E-state index contributed by atoms with van der Waals surface area (Å²) in [5, 5.41) is 0. The van der Waals surface area contributed by atoms with E-state index in [1.165, 1.54) is 45.7 Å². The molecule has 3 heteroatoms. The van der Waals surface area contributed by atoms with E-state index < -0.39 is 0 Å². The van der Waals surface area contributed by atoms with E-state index in [0.29, 0.717) is 0 Å². The minimum atomic E-state index is 1.11. The highest BCUT2D eigenvalue weighted by Crippen LogP contribution is 1.65. The van der Waals surface area contributed by atoms with Crippen molar-refractivity contribution in [3.63, 3.8) is 0 Å². The Morgan fingerprint density at radius 1 is 1.08 bits per heavy atom. The third-order valence-corrected chi connectivity index (χ3v) is 2.94. The van der Waals surface area contributed by atoms with Crippen molar-refractivity contribution in [3.8, 4) is 0 Å². The topological polar surface area (TPSA) is 36.5 Å². The Kier molecular flexibility index (Phi) is 4.58. The predicted molar refractivity (Wildman–Crippen MR) is 49.2 cm³/mol. The fraction of sp³-hybridized carbons (Fsp3) is 1.00. The third-order valence-electron chi connectivity index (χ3n) is 2.94. The van der Waals surface area contributed by atoms with Crippen molar-refractivity contribution in [3.05, 3.63) is 0 Å². The second-order valence-electron chi connectivity index (χ2n) is 3.81. The van der Waals surface area contributed by atoms with Crippen molar-refractivity contribution in [2.75, 3.05) is 45.8 Å². The lowest BCUT2D eigenvalue weighted by Gasteiger charge is -2.28. The van der Waals surface area contributed by atoms with Crippen LogP contribution in [0.25, 0.3) is 0 Å². The Morgan fingerprint density at radius 3 is 2.17 bits per heavy atom. The number of piperazine rings is 1. The van der Waals surface area contributed by atoms with Gasteiger partial charge in [-0.15, -0.1) is 0 Å². The van der Waals surface area contributed by atoms with Gasteiger partial charge in [0.25, 0.3) is 0 Å². The Bertz CT molecular complexity index is 108. The van der Waals surface area contributed by atoms with Crippen LogP contribution in [0, 0.1) is 0 Å². The zero-order valence-corrected chi connectivity index (χ0v) is 8.36. The van der Waals surface area contributed by atoms with Gasteiger partial charge in [0.15, 0.2) is 0 Å². The zero-order chi connectivity index (χ0) is 8.81. The molecule has 0 spiro atoms. The van der Waals surface area contributed by atoms with Crippen molar-refractivity contribution in [2.45, 2.75) is 13.3 Å². The van der Waals surface area contributed by atoms with E-state index >= 15 is 0 Å². The summed E-state index contributed by atoms with van der Waals surface area (Å²) < 4.78 is 0. The molecule has 0 saturated carbocycles. The highest BCUT2D eigenvalue weighted by atomic mass is 15.3. The van der Waals surface area contributed by atoms with Crippen LogP contribution in [-0.2, 0) is 0 Å². The Labute approximate surface area is 75.5 Å². The summed E-state index contributed by atoms with van der Waals surface area (Å²) in [5.74, 6) is 0. The van der Waals surface area contributed by atoms with E-state index in [4.69, 9.17) is 0 Å². The molecule has 0 atom stereocenters. The normalized spacial score (nSPS) is 30.5. The monoisotopic (exact) mass is 174 g/mol. The van der Waals surface area contributed by atoms with Crippen LogP contribution in [0.3, 0.4) is 0 Å². The number of nitrogens with one attached hydrogen (secondary N) is 2. The molecule has 1 heterocycles. The molecule has 1 rings (SSSR count). The maximum atomic E-state index is 3.88. The SMILES string of the molecule is CC[NH+]1CC[NH+](CCC[NH3+])CC1. The first-order valence-corrected chi connectivity index (χ1v) is 5.33. The molecule has 1 saturated heterocycles. The van der Waals surface area contributed by atoms with Crippen LogP contribution in [0.4, 0.5) is 0 Å². The first kappa shape index (κ1) is 9.96. The van der Waals surface area contributed by atoms with Crippen LogP contribution in [0.5, 0.6) is 0 Å². The molecule has 0 radical (unpaired) electrons. The van der Waals surface area contributed by atoms with Crippen LogP contribution >= 0.6 is 0 Å². The third kappa shape index (κ3) is 3.09. The van der Waals surface area contributed by atoms with Crippen LogP contribution in [0.15, 0.2) is 0 Å². The van der Waals surface area contributed by atoms with Crippen molar-refractivity contribution in [2.24, 2.45) is 0 Å². The second-order valence-corrected chi connectivity index (χ2v) is 3.81. The van der Waals surface area contributed by atoms with E-state index in [9.17, 15) is 0 Å². The van der Waals surface area contributed by atoms with Crippen molar-refractivity contribution < 1.29 is 15.5 Å². The van der Waals surface area contributed by atoms with Gasteiger partial charge in [-0.3, -0.25) is 0 Å². The molecule has 0 aromatic rings. The fourth-order valence-electron chi connectivity index (χ4n) is 1.94. The summed E-state index contributed by atoms with van der Waals surface area (Å²) in [4.78, 5) is 3.59. The second kappa shape index (κ2) is 5.51. The first-order chi connectivity index (χ1) is 5.86. The fourth-order valence-corrected chi connectivity index (χ4v) is 1.94. The van der Waals surface area contributed by atoms with Gasteiger partial charge < -0.3 is 15.5 Å². The Balaban J connectivity index is 2.09. The Morgan fingerprint density at radius 2 is 1.67 bits per heavy atom. The maximum Gasteiger partial charge on any atom is 0.127 e. The van der Waals surface area contributed by atoms with Crippen LogP contribution in [-0.4, -0.2) is 45.8 Å². The molecule has 3 nitrogen and oxygen atoms in total. The average molecular weight is 174 g/mol. The van der Waals surface area contributed by atoms with E-state index in [0.717, 1.165) is 6.54 Å². The molecular weight excluding hydrogens is 150 g/mol. The quantitative estimate of drug-likeness (QED) is 0.394. The summed E-state index contributed by atoms with van der Waals surface area (Å²) in [6, 6.07) is 0. The summed E-state index contributed by atoms with van der Waals surface area (Å²) in [5.41, 5.74) is 3.88. The van der Waals surface area contributed by atoms with Gasteiger partial charge in [-0.05, 0) is 6.92 Å².